The molecule has 0 fully saturated rings. The molecule has 1 amide bonds. The van der Waals surface area contributed by atoms with E-state index in [0.717, 1.165) is 22.4 Å². The van der Waals surface area contributed by atoms with Gasteiger partial charge in [0.1, 0.15) is 11.9 Å². The third-order valence-electron chi connectivity index (χ3n) is 4.15. The molecule has 1 atom stereocenters. The molecule has 0 saturated heterocycles. The topological polar surface area (TPSA) is 70.6 Å². The Bertz CT molecular complexity index is 815. The Hall–Kier alpha value is -2.63. The Kier molecular flexibility index (Phi) is 7.58. The van der Waals surface area contributed by atoms with Crippen molar-refractivity contribution in [2.75, 3.05) is 18.6 Å². The lowest BCUT2D eigenvalue weighted by atomic mass is 9.99. The molecular weight excluding hydrogens is 340 g/mol. The lowest BCUT2D eigenvalue weighted by Crippen LogP contribution is -2.21. The average molecular weight is 368 g/mol. The zero-order chi connectivity index (χ0) is 19.8. The summed E-state index contributed by atoms with van der Waals surface area (Å²) in [7, 11) is 0. The van der Waals surface area contributed by atoms with Crippen molar-refractivity contribution in [2.24, 2.45) is 0 Å². The van der Waals surface area contributed by atoms with Gasteiger partial charge in [0, 0.05) is 28.9 Å². The lowest BCUT2D eigenvalue weighted by molar-refractivity contribution is -0.110. The molecule has 0 saturated carbocycles. The average Bonchev–Trinajstić information content (AvgIpc) is 3.26. The highest BCUT2D eigenvalue weighted by Gasteiger charge is 2.35. The number of aliphatic hydroxyl groups is 1. The molecule has 2 aromatic rings. The summed E-state index contributed by atoms with van der Waals surface area (Å²) in [5.41, 5.74) is 4.18. The molecule has 144 valence electrons. The number of rotatable bonds is 3. The predicted octanol–water partition coefficient (Wildman–Crippen LogP) is 4.17. The molecule has 1 unspecified atom stereocenters. The number of carbonyl (C=O) groups is 1. The van der Waals surface area contributed by atoms with Crippen LogP contribution in [0.2, 0.25) is 0 Å². The van der Waals surface area contributed by atoms with Crippen LogP contribution in [-0.2, 0) is 9.53 Å². The third-order valence-corrected chi connectivity index (χ3v) is 4.15. The second-order valence-corrected chi connectivity index (χ2v) is 5.51. The molecule has 0 spiro atoms. The van der Waals surface area contributed by atoms with Gasteiger partial charge in [0.25, 0.3) is 5.91 Å². The minimum absolute atomic E-state index is 0.114. The fourth-order valence-electron chi connectivity index (χ4n) is 3.14. The van der Waals surface area contributed by atoms with E-state index >= 15 is 0 Å². The van der Waals surface area contributed by atoms with Gasteiger partial charge in [0.05, 0.1) is 12.3 Å². The molecule has 2 aliphatic heterocycles. The second kappa shape index (κ2) is 9.90. The summed E-state index contributed by atoms with van der Waals surface area (Å²) in [5.74, 6) is 0.458. The van der Waals surface area contributed by atoms with E-state index in [1.54, 1.807) is 0 Å². The number of hydrogen-bond acceptors (Lipinski definition) is 4. The van der Waals surface area contributed by atoms with Gasteiger partial charge in [-0.15, -0.1) is 0 Å². The van der Waals surface area contributed by atoms with Crippen LogP contribution in [0.3, 0.4) is 0 Å². The number of aliphatic hydroxyl groups excluding tert-OH is 1. The molecule has 2 heterocycles. The highest BCUT2D eigenvalue weighted by molar-refractivity contribution is 6.36. The van der Waals surface area contributed by atoms with Crippen LogP contribution < -0.4 is 10.6 Å². The first-order valence-corrected chi connectivity index (χ1v) is 9.52. The molecule has 4 rings (SSSR count). The van der Waals surface area contributed by atoms with Crippen LogP contribution in [0.1, 0.15) is 50.5 Å². The van der Waals surface area contributed by atoms with Crippen molar-refractivity contribution in [1.29, 1.82) is 0 Å². The first-order valence-electron chi connectivity index (χ1n) is 9.52. The molecule has 5 heteroatoms. The largest absolute Gasteiger partial charge is 0.483 e. The number of para-hydroxylation sites is 1. The number of anilines is 1. The molecule has 3 N–H and O–H groups in total. The van der Waals surface area contributed by atoms with Crippen LogP contribution in [0.5, 0.6) is 0 Å². The summed E-state index contributed by atoms with van der Waals surface area (Å²) in [6, 6.07) is 15.4. The number of nitrogens with one attached hydrogen (secondary N) is 2. The minimum atomic E-state index is -0.221. The molecule has 2 aromatic carbocycles. The number of benzene rings is 2. The molecule has 0 aliphatic carbocycles. The van der Waals surface area contributed by atoms with Gasteiger partial charge in [0.2, 0.25) is 0 Å². The van der Waals surface area contributed by atoms with Gasteiger partial charge in [-0.25, -0.2) is 0 Å². The number of ether oxygens (including phenoxy) is 1. The Morgan fingerprint density at radius 1 is 1.00 bits per heavy atom. The van der Waals surface area contributed by atoms with Gasteiger partial charge in [-0.1, -0.05) is 70.2 Å². The van der Waals surface area contributed by atoms with Crippen molar-refractivity contribution in [2.45, 2.75) is 33.8 Å². The molecule has 0 bridgehead atoms. The van der Waals surface area contributed by atoms with Gasteiger partial charge >= 0.3 is 0 Å². The zero-order valence-corrected chi connectivity index (χ0v) is 16.4. The molecule has 5 nitrogen and oxygen atoms in total. The molecule has 0 radical (unpaired) electrons. The highest BCUT2D eigenvalue weighted by Crippen LogP contribution is 2.45. The van der Waals surface area contributed by atoms with Crippen molar-refractivity contribution in [3.63, 3.8) is 0 Å². The summed E-state index contributed by atoms with van der Waals surface area (Å²) in [5, 5.41) is 14.7. The van der Waals surface area contributed by atoms with Crippen molar-refractivity contribution in [3.05, 3.63) is 65.2 Å². The van der Waals surface area contributed by atoms with Crippen LogP contribution in [0.4, 0.5) is 5.69 Å². The van der Waals surface area contributed by atoms with E-state index in [1.807, 2.05) is 76.2 Å². The van der Waals surface area contributed by atoms with E-state index in [-0.39, 0.29) is 18.7 Å². The standard InChI is InChI=1S/C18H16N2O3.2C2H6/c21-10-19-9-15-11-5-1-2-6-12(11)17(23-15)16-13-7-3-4-8-14(13)20-18(16)22;2*1-2/h1-8,15,19,21H,9-10H2,(H,20,22);2*1-2H3/b17-16+;;. The zero-order valence-electron chi connectivity index (χ0n) is 16.4. The Balaban J connectivity index is 0.000000614. The monoisotopic (exact) mass is 368 g/mol. The Morgan fingerprint density at radius 3 is 2.33 bits per heavy atom. The van der Waals surface area contributed by atoms with E-state index in [2.05, 4.69) is 10.6 Å². The quantitative estimate of drug-likeness (QED) is 0.562. The second-order valence-electron chi connectivity index (χ2n) is 5.51. The fraction of sp³-hybridized carbons (Fsp3) is 0.318. The number of fused-ring (bicyclic) bond motifs is 2. The van der Waals surface area contributed by atoms with Crippen LogP contribution in [0.25, 0.3) is 11.3 Å². The van der Waals surface area contributed by atoms with Gasteiger partial charge < -0.3 is 15.2 Å². The smallest absolute Gasteiger partial charge is 0.260 e. The highest BCUT2D eigenvalue weighted by atomic mass is 16.5. The predicted molar refractivity (Wildman–Crippen MR) is 110 cm³/mol. The van der Waals surface area contributed by atoms with Crippen LogP contribution in [0.15, 0.2) is 48.5 Å². The molecule has 2 aliphatic rings. The lowest BCUT2D eigenvalue weighted by Gasteiger charge is -2.12. The first kappa shape index (κ1) is 20.7. The Morgan fingerprint density at radius 2 is 1.63 bits per heavy atom. The normalized spacial score (nSPS) is 18.9. The van der Waals surface area contributed by atoms with Gasteiger partial charge in [0.15, 0.2) is 0 Å². The minimum Gasteiger partial charge on any atom is -0.483 e. The van der Waals surface area contributed by atoms with Crippen molar-refractivity contribution >= 4 is 22.9 Å². The van der Waals surface area contributed by atoms with E-state index in [4.69, 9.17) is 9.84 Å². The maximum atomic E-state index is 12.4. The van der Waals surface area contributed by atoms with Crippen molar-refractivity contribution in [3.8, 4) is 0 Å². The summed E-state index contributed by atoms with van der Waals surface area (Å²) in [6.07, 6.45) is -0.221. The summed E-state index contributed by atoms with van der Waals surface area (Å²) < 4.78 is 6.09. The van der Waals surface area contributed by atoms with E-state index in [1.165, 1.54) is 0 Å². The van der Waals surface area contributed by atoms with Crippen LogP contribution in [-0.4, -0.2) is 24.3 Å². The van der Waals surface area contributed by atoms with E-state index < -0.39 is 0 Å². The molecule has 0 aromatic heterocycles. The SMILES string of the molecule is CC.CC.O=C1Nc2ccccc2/C1=C1\OC(CNCO)c2ccccc21. The number of hydrogen-bond donors (Lipinski definition) is 3. The summed E-state index contributed by atoms with van der Waals surface area (Å²) in [6.45, 7) is 8.37. The molecule has 27 heavy (non-hydrogen) atoms. The summed E-state index contributed by atoms with van der Waals surface area (Å²) in [4.78, 5) is 12.4. The van der Waals surface area contributed by atoms with Crippen molar-refractivity contribution in [1.82, 2.24) is 5.32 Å². The van der Waals surface area contributed by atoms with Crippen molar-refractivity contribution < 1.29 is 14.6 Å². The fourth-order valence-corrected chi connectivity index (χ4v) is 3.14. The van der Waals surface area contributed by atoms with Gasteiger partial charge in [-0.05, 0) is 6.07 Å². The number of amides is 1. The number of carbonyl (C=O) groups excluding carboxylic acids is 1. The van der Waals surface area contributed by atoms with E-state index in [9.17, 15) is 4.79 Å². The third kappa shape index (κ3) is 4.04. The van der Waals surface area contributed by atoms with Crippen LogP contribution in [0, 0.1) is 0 Å². The van der Waals surface area contributed by atoms with Crippen LogP contribution >= 0.6 is 0 Å². The maximum absolute atomic E-state index is 12.4. The summed E-state index contributed by atoms with van der Waals surface area (Å²) >= 11 is 0. The maximum Gasteiger partial charge on any atom is 0.260 e. The molecular formula is C22H28N2O3. The van der Waals surface area contributed by atoms with E-state index in [0.29, 0.717) is 17.9 Å². The van der Waals surface area contributed by atoms with Gasteiger partial charge in [-0.3, -0.25) is 10.1 Å². The Labute approximate surface area is 161 Å². The van der Waals surface area contributed by atoms with Gasteiger partial charge in [-0.2, -0.15) is 0 Å². The first-order chi connectivity index (χ1) is 13.3.